The van der Waals surface area contributed by atoms with Gasteiger partial charge in [-0.15, -0.1) is 0 Å². The highest BCUT2D eigenvalue weighted by Crippen LogP contribution is 2.34. The summed E-state index contributed by atoms with van der Waals surface area (Å²) in [5.74, 6) is -0.194. The van der Waals surface area contributed by atoms with Crippen LogP contribution in [0.4, 0.5) is 10.1 Å². The van der Waals surface area contributed by atoms with Crippen LogP contribution in [0.15, 0.2) is 30.3 Å². The highest BCUT2D eigenvalue weighted by Gasteiger charge is 2.30. The summed E-state index contributed by atoms with van der Waals surface area (Å²) >= 11 is 0. The molecule has 0 bridgehead atoms. The Bertz CT molecular complexity index is 1250. The molecule has 7 heteroatoms. The number of halogens is 1. The number of aliphatic hydroxyl groups excluding tert-OH is 1. The molecule has 2 aromatic carbocycles. The average molecular weight is 495 g/mol. The van der Waals surface area contributed by atoms with Gasteiger partial charge in [0, 0.05) is 55.4 Å². The molecule has 4 rings (SSSR count). The Hall–Kier alpha value is -2.90. The van der Waals surface area contributed by atoms with Crippen LogP contribution in [0.25, 0.3) is 10.9 Å². The van der Waals surface area contributed by atoms with Crippen molar-refractivity contribution < 1.29 is 14.3 Å². The number of hydrogen-bond donors (Lipinski definition) is 2. The number of likely N-dealkylation sites (N-methyl/N-ethyl adjacent to an activating group) is 1. The first-order chi connectivity index (χ1) is 17.2. The van der Waals surface area contributed by atoms with Gasteiger partial charge in [0.1, 0.15) is 5.82 Å². The summed E-state index contributed by atoms with van der Waals surface area (Å²) in [6.07, 6.45) is 1.92. The quantitative estimate of drug-likeness (QED) is 0.446. The van der Waals surface area contributed by atoms with Crippen LogP contribution in [0.3, 0.4) is 0 Å². The molecule has 0 radical (unpaired) electrons. The van der Waals surface area contributed by atoms with Gasteiger partial charge in [0.2, 0.25) is 0 Å². The second-order valence-electron chi connectivity index (χ2n) is 10.1. The zero-order chi connectivity index (χ0) is 26.0. The van der Waals surface area contributed by atoms with Crippen molar-refractivity contribution in [1.29, 1.82) is 0 Å². The van der Waals surface area contributed by atoms with Gasteiger partial charge in [-0.1, -0.05) is 13.0 Å². The molecule has 6 nitrogen and oxygen atoms in total. The smallest absolute Gasteiger partial charge is 0.254 e. The maximum atomic E-state index is 13.6. The van der Waals surface area contributed by atoms with Gasteiger partial charge in [-0.05, 0) is 81.6 Å². The van der Waals surface area contributed by atoms with Crippen LogP contribution in [-0.2, 0) is 13.1 Å². The maximum absolute atomic E-state index is 13.6. The number of aryl methyl sites for hydroxylation is 3. The molecule has 1 saturated heterocycles. The van der Waals surface area contributed by atoms with Crippen molar-refractivity contribution in [2.75, 3.05) is 38.6 Å². The van der Waals surface area contributed by atoms with Crippen molar-refractivity contribution in [2.24, 2.45) is 0 Å². The number of fused-ring (bicyclic) bond motifs is 1. The topological polar surface area (TPSA) is 60.7 Å². The first kappa shape index (κ1) is 26.2. The van der Waals surface area contributed by atoms with Gasteiger partial charge < -0.3 is 19.9 Å². The van der Waals surface area contributed by atoms with E-state index in [1.54, 1.807) is 6.07 Å². The van der Waals surface area contributed by atoms with E-state index in [0.29, 0.717) is 31.7 Å². The number of nitrogens with one attached hydrogen (secondary N) is 1. The number of carbonyl (C=O) groups excluding carboxylic acids is 1. The highest BCUT2D eigenvalue weighted by molar-refractivity contribution is 6.04. The Morgan fingerprint density at radius 3 is 2.69 bits per heavy atom. The first-order valence-corrected chi connectivity index (χ1v) is 13.0. The fourth-order valence-electron chi connectivity index (χ4n) is 5.39. The van der Waals surface area contributed by atoms with Crippen LogP contribution in [0, 0.1) is 26.6 Å². The number of hydrogen-bond acceptors (Lipinski definition) is 4. The zero-order valence-electron chi connectivity index (χ0n) is 22.2. The van der Waals surface area contributed by atoms with E-state index in [4.69, 9.17) is 0 Å². The van der Waals surface area contributed by atoms with Crippen molar-refractivity contribution in [3.63, 3.8) is 0 Å². The summed E-state index contributed by atoms with van der Waals surface area (Å²) < 4.78 is 16.0. The second-order valence-corrected chi connectivity index (χ2v) is 10.1. The molecule has 194 valence electrons. The van der Waals surface area contributed by atoms with Crippen molar-refractivity contribution in [3.05, 3.63) is 64.1 Å². The zero-order valence-corrected chi connectivity index (χ0v) is 22.2. The van der Waals surface area contributed by atoms with E-state index in [9.17, 15) is 14.3 Å². The van der Waals surface area contributed by atoms with Crippen LogP contribution >= 0.6 is 0 Å². The number of aliphatic hydroxyl groups is 1. The lowest BCUT2D eigenvalue weighted by Gasteiger charge is -2.24. The number of anilines is 1. The van der Waals surface area contributed by atoms with Gasteiger partial charge in [0.05, 0.1) is 17.8 Å². The van der Waals surface area contributed by atoms with Crippen LogP contribution in [0.5, 0.6) is 0 Å². The molecule has 2 heterocycles. The third kappa shape index (κ3) is 5.13. The van der Waals surface area contributed by atoms with Crippen molar-refractivity contribution in [1.82, 2.24) is 14.4 Å². The molecule has 3 aromatic rings. The number of nitrogens with zero attached hydrogens (tertiary/aromatic N) is 3. The molecule has 1 aliphatic heterocycles. The summed E-state index contributed by atoms with van der Waals surface area (Å²) in [6.45, 7) is 11.9. The van der Waals surface area contributed by atoms with Crippen LogP contribution in [0.2, 0.25) is 0 Å². The predicted molar refractivity (Wildman–Crippen MR) is 144 cm³/mol. The van der Waals surface area contributed by atoms with E-state index in [1.807, 2.05) is 37.1 Å². The molecule has 1 unspecified atom stereocenters. The van der Waals surface area contributed by atoms with Crippen LogP contribution in [-0.4, -0.2) is 64.7 Å². The minimum absolute atomic E-state index is 0.0399. The number of aromatic nitrogens is 1. The largest absolute Gasteiger partial charge is 0.395 e. The number of amides is 1. The fourth-order valence-corrected chi connectivity index (χ4v) is 5.39. The summed E-state index contributed by atoms with van der Waals surface area (Å²) in [5, 5.41) is 14.0. The SMILES string of the molecule is CCCn1c(C)c(C)c2cc(C(=O)N3CCC(N(C)CCO)C3)cc(NCc3ccc(F)cc3C)c21. The molecule has 2 N–H and O–H groups in total. The Labute approximate surface area is 213 Å². The molecular formula is C29H39FN4O2. The lowest BCUT2D eigenvalue weighted by Crippen LogP contribution is -2.37. The van der Waals surface area contributed by atoms with Crippen LogP contribution < -0.4 is 5.32 Å². The van der Waals surface area contributed by atoms with E-state index in [2.05, 4.69) is 35.6 Å². The third-order valence-corrected chi connectivity index (χ3v) is 7.73. The molecule has 1 aromatic heterocycles. The minimum atomic E-state index is -0.233. The normalized spacial score (nSPS) is 15.9. The number of carbonyl (C=O) groups is 1. The molecular weight excluding hydrogens is 455 g/mol. The van der Waals surface area contributed by atoms with Gasteiger partial charge in [0.15, 0.2) is 0 Å². The molecule has 1 fully saturated rings. The Morgan fingerprint density at radius 1 is 1.22 bits per heavy atom. The molecule has 1 amide bonds. The fraction of sp³-hybridized carbons (Fsp3) is 0.483. The molecule has 1 aliphatic rings. The highest BCUT2D eigenvalue weighted by atomic mass is 19.1. The van der Waals surface area contributed by atoms with Crippen molar-refractivity contribution in [3.8, 4) is 0 Å². The van der Waals surface area contributed by atoms with Gasteiger partial charge in [-0.3, -0.25) is 9.69 Å². The first-order valence-electron chi connectivity index (χ1n) is 13.0. The van der Waals surface area contributed by atoms with E-state index in [-0.39, 0.29) is 24.4 Å². The van der Waals surface area contributed by atoms with Gasteiger partial charge >= 0.3 is 0 Å². The Kier molecular flexibility index (Phi) is 8.00. The lowest BCUT2D eigenvalue weighted by molar-refractivity contribution is 0.0778. The summed E-state index contributed by atoms with van der Waals surface area (Å²) in [4.78, 5) is 17.7. The molecule has 1 atom stereocenters. The number of benzene rings is 2. The molecule has 0 saturated carbocycles. The van der Waals surface area contributed by atoms with E-state index >= 15 is 0 Å². The monoisotopic (exact) mass is 494 g/mol. The predicted octanol–water partition coefficient (Wildman–Crippen LogP) is 4.87. The van der Waals surface area contributed by atoms with Crippen molar-refractivity contribution in [2.45, 2.75) is 59.7 Å². The minimum Gasteiger partial charge on any atom is -0.395 e. The number of likely N-dealkylation sites (tertiary alicyclic amines) is 1. The average Bonchev–Trinajstić information content (AvgIpc) is 3.44. The second kappa shape index (κ2) is 11.0. The van der Waals surface area contributed by atoms with Gasteiger partial charge in [-0.25, -0.2) is 4.39 Å². The number of rotatable bonds is 9. The Morgan fingerprint density at radius 2 is 2.00 bits per heavy atom. The summed E-state index contributed by atoms with van der Waals surface area (Å²) in [7, 11) is 2.00. The summed E-state index contributed by atoms with van der Waals surface area (Å²) in [6, 6.07) is 9.16. The van der Waals surface area contributed by atoms with Gasteiger partial charge in [0.25, 0.3) is 5.91 Å². The molecule has 0 spiro atoms. The van der Waals surface area contributed by atoms with Gasteiger partial charge in [-0.2, -0.15) is 0 Å². The van der Waals surface area contributed by atoms with Crippen LogP contribution in [0.1, 0.15) is 52.5 Å². The summed E-state index contributed by atoms with van der Waals surface area (Å²) in [5.41, 5.74) is 7.06. The third-order valence-electron chi connectivity index (χ3n) is 7.73. The maximum Gasteiger partial charge on any atom is 0.254 e. The van der Waals surface area contributed by atoms with E-state index in [1.165, 1.54) is 17.3 Å². The van der Waals surface area contributed by atoms with Crippen molar-refractivity contribution >= 4 is 22.5 Å². The molecule has 36 heavy (non-hydrogen) atoms. The van der Waals surface area contributed by atoms with E-state index < -0.39 is 0 Å². The molecule has 0 aliphatic carbocycles. The van der Waals surface area contributed by atoms with E-state index in [0.717, 1.165) is 47.1 Å². The standard InChI is InChI=1S/C29H39FN4O2/c1-6-10-34-21(4)20(3)26-15-23(29(36)33-11-9-25(18-33)32(5)12-13-35)16-27(28(26)34)31-17-22-7-8-24(30)14-19(22)2/h7-8,14-16,25,31,35H,6,9-13,17-18H2,1-5H3. The lowest BCUT2D eigenvalue weighted by atomic mass is 10.1. The Balaban J connectivity index is 1.70.